The van der Waals surface area contributed by atoms with E-state index in [4.69, 9.17) is 11.6 Å². The second-order valence-corrected chi connectivity index (χ2v) is 9.36. The molecule has 4 fully saturated rings. The lowest BCUT2D eigenvalue weighted by molar-refractivity contribution is -0.0194. The number of aromatic nitrogens is 1. The number of hydrogen-bond donors (Lipinski definition) is 2. The molecule has 2 N–H and O–H groups in total. The second-order valence-electron chi connectivity index (χ2n) is 8.92. The van der Waals surface area contributed by atoms with Crippen LogP contribution in [0.5, 0.6) is 0 Å². The summed E-state index contributed by atoms with van der Waals surface area (Å²) in [6, 6.07) is 7.98. The van der Waals surface area contributed by atoms with Gasteiger partial charge in [-0.2, -0.15) is 0 Å². The third kappa shape index (κ3) is 3.20. The van der Waals surface area contributed by atoms with Crippen molar-refractivity contribution in [2.24, 2.45) is 17.8 Å². The highest BCUT2D eigenvalue weighted by molar-refractivity contribution is 6.31. The van der Waals surface area contributed by atoms with Gasteiger partial charge in [-0.25, -0.2) is 0 Å². The maximum Gasteiger partial charge on any atom is 0.0737 e. The summed E-state index contributed by atoms with van der Waals surface area (Å²) in [6.07, 6.45) is 11.9. The Hall–Kier alpha value is -1.32. The molecule has 26 heavy (non-hydrogen) atoms. The third-order valence-electron chi connectivity index (χ3n) is 6.91. The lowest BCUT2D eigenvalue weighted by Crippen LogP contribution is -2.58. The van der Waals surface area contributed by atoms with Gasteiger partial charge in [0.25, 0.3) is 0 Å². The maximum absolute atomic E-state index is 6.08. The standard InChI is InChI=1S/C22H28ClN3/c23-18-2-3-19-20(4-7-25-21(19)11-18)24-5-1-6-26-22-12-15-8-16(13-22)10-17(9-15)14-22/h2-4,7,11,15-17,26H,1,5-6,8-10,12-14H2,(H,24,25). The smallest absolute Gasteiger partial charge is 0.0737 e. The summed E-state index contributed by atoms with van der Waals surface area (Å²) in [5.41, 5.74) is 2.59. The van der Waals surface area contributed by atoms with Crippen LogP contribution in [0.1, 0.15) is 44.9 Å². The van der Waals surface area contributed by atoms with E-state index in [2.05, 4.69) is 27.8 Å². The van der Waals surface area contributed by atoms with E-state index in [1.165, 1.54) is 38.5 Å². The van der Waals surface area contributed by atoms with Crippen molar-refractivity contribution in [1.29, 1.82) is 0 Å². The molecular formula is C22H28ClN3. The van der Waals surface area contributed by atoms with E-state index in [0.717, 1.165) is 58.9 Å². The minimum atomic E-state index is 0.481. The number of nitrogens with zero attached hydrogens (tertiary/aromatic N) is 1. The first-order chi connectivity index (χ1) is 12.7. The van der Waals surface area contributed by atoms with E-state index in [0.29, 0.717) is 5.54 Å². The summed E-state index contributed by atoms with van der Waals surface area (Å²) < 4.78 is 0. The molecular weight excluding hydrogens is 342 g/mol. The molecule has 0 radical (unpaired) electrons. The molecule has 1 aromatic heterocycles. The van der Waals surface area contributed by atoms with Crippen molar-refractivity contribution >= 4 is 28.2 Å². The summed E-state index contributed by atoms with van der Waals surface area (Å²) in [7, 11) is 0. The van der Waals surface area contributed by atoms with Crippen LogP contribution in [-0.2, 0) is 0 Å². The first-order valence-corrected chi connectivity index (χ1v) is 10.6. The minimum Gasteiger partial charge on any atom is -0.384 e. The number of fused-ring (bicyclic) bond motifs is 1. The number of nitrogens with one attached hydrogen (secondary N) is 2. The van der Waals surface area contributed by atoms with Gasteiger partial charge in [-0.05, 0) is 93.5 Å². The number of rotatable bonds is 6. The third-order valence-corrected chi connectivity index (χ3v) is 7.15. The molecule has 6 rings (SSSR count). The fraction of sp³-hybridized carbons (Fsp3) is 0.591. The van der Waals surface area contributed by atoms with Crippen LogP contribution in [0.15, 0.2) is 30.5 Å². The molecule has 1 aromatic carbocycles. The number of pyridine rings is 1. The van der Waals surface area contributed by atoms with Crippen molar-refractivity contribution in [3.8, 4) is 0 Å². The van der Waals surface area contributed by atoms with E-state index >= 15 is 0 Å². The van der Waals surface area contributed by atoms with E-state index in [1.807, 2.05) is 18.3 Å². The summed E-state index contributed by atoms with van der Waals surface area (Å²) in [6.45, 7) is 2.11. The quantitative estimate of drug-likeness (QED) is 0.683. The summed E-state index contributed by atoms with van der Waals surface area (Å²) in [4.78, 5) is 4.42. The zero-order valence-corrected chi connectivity index (χ0v) is 16.1. The SMILES string of the molecule is Clc1ccc2c(NCCCNC34CC5CC(CC(C5)C3)C4)ccnc2c1. The second kappa shape index (κ2) is 6.69. The summed E-state index contributed by atoms with van der Waals surface area (Å²) >= 11 is 6.08. The lowest BCUT2D eigenvalue weighted by atomic mass is 9.53. The molecule has 0 atom stereocenters. The van der Waals surface area contributed by atoms with Gasteiger partial charge in [0, 0.05) is 34.4 Å². The van der Waals surface area contributed by atoms with Gasteiger partial charge < -0.3 is 10.6 Å². The van der Waals surface area contributed by atoms with Crippen molar-refractivity contribution in [1.82, 2.24) is 10.3 Å². The van der Waals surface area contributed by atoms with Crippen molar-refractivity contribution in [3.63, 3.8) is 0 Å². The molecule has 2 aromatic rings. The van der Waals surface area contributed by atoms with E-state index in [1.54, 1.807) is 0 Å². The number of anilines is 1. The molecule has 0 unspecified atom stereocenters. The molecule has 0 aliphatic heterocycles. The van der Waals surface area contributed by atoms with Gasteiger partial charge in [0.05, 0.1) is 5.52 Å². The number of hydrogen-bond acceptors (Lipinski definition) is 3. The molecule has 4 bridgehead atoms. The van der Waals surface area contributed by atoms with Crippen LogP contribution in [0.25, 0.3) is 10.9 Å². The zero-order chi connectivity index (χ0) is 17.6. The number of benzene rings is 1. The molecule has 138 valence electrons. The highest BCUT2D eigenvalue weighted by atomic mass is 35.5. The van der Waals surface area contributed by atoms with Crippen LogP contribution in [0.2, 0.25) is 5.02 Å². The molecule has 1 heterocycles. The van der Waals surface area contributed by atoms with Gasteiger partial charge >= 0.3 is 0 Å². The Morgan fingerprint density at radius 1 is 1.00 bits per heavy atom. The number of halogens is 1. The molecule has 4 saturated carbocycles. The predicted octanol–water partition coefficient (Wildman–Crippen LogP) is 5.25. The van der Waals surface area contributed by atoms with E-state index in [9.17, 15) is 0 Å². The fourth-order valence-corrected chi connectivity index (χ4v) is 6.43. The average Bonchev–Trinajstić information content (AvgIpc) is 2.60. The Bertz CT molecular complexity index is 768. The normalized spacial score (nSPS) is 32.3. The topological polar surface area (TPSA) is 37.0 Å². The first kappa shape index (κ1) is 16.8. The molecule has 4 aliphatic rings. The average molecular weight is 370 g/mol. The largest absolute Gasteiger partial charge is 0.384 e. The van der Waals surface area contributed by atoms with Crippen LogP contribution in [-0.4, -0.2) is 23.6 Å². The molecule has 4 heteroatoms. The van der Waals surface area contributed by atoms with E-state index < -0.39 is 0 Å². The zero-order valence-electron chi connectivity index (χ0n) is 15.3. The molecule has 4 aliphatic carbocycles. The van der Waals surface area contributed by atoms with Gasteiger partial charge in [0.1, 0.15) is 0 Å². The Morgan fingerprint density at radius 2 is 1.73 bits per heavy atom. The molecule has 0 saturated heterocycles. The molecule has 0 spiro atoms. The highest BCUT2D eigenvalue weighted by Crippen LogP contribution is 2.55. The van der Waals surface area contributed by atoms with Gasteiger partial charge in [0.15, 0.2) is 0 Å². The monoisotopic (exact) mass is 369 g/mol. The van der Waals surface area contributed by atoms with Gasteiger partial charge in [-0.3, -0.25) is 4.98 Å². The van der Waals surface area contributed by atoms with Crippen LogP contribution in [0, 0.1) is 17.8 Å². The summed E-state index contributed by atoms with van der Waals surface area (Å²) in [5, 5.41) is 9.46. The first-order valence-electron chi connectivity index (χ1n) is 10.2. The van der Waals surface area contributed by atoms with Crippen molar-refractivity contribution in [2.45, 2.75) is 50.5 Å². The molecule has 0 amide bonds. The van der Waals surface area contributed by atoms with Crippen LogP contribution < -0.4 is 10.6 Å². The molecule has 3 nitrogen and oxygen atoms in total. The Kier molecular flexibility index (Phi) is 4.33. The van der Waals surface area contributed by atoms with Crippen molar-refractivity contribution in [3.05, 3.63) is 35.5 Å². The van der Waals surface area contributed by atoms with Crippen molar-refractivity contribution < 1.29 is 0 Å². The summed E-state index contributed by atoms with van der Waals surface area (Å²) in [5.74, 6) is 3.05. The maximum atomic E-state index is 6.08. The minimum absolute atomic E-state index is 0.481. The Balaban J connectivity index is 1.15. The fourth-order valence-electron chi connectivity index (χ4n) is 6.27. The Morgan fingerprint density at radius 3 is 2.46 bits per heavy atom. The van der Waals surface area contributed by atoms with E-state index in [-0.39, 0.29) is 0 Å². The lowest BCUT2D eigenvalue weighted by Gasteiger charge is -2.57. The van der Waals surface area contributed by atoms with Crippen LogP contribution >= 0.6 is 11.6 Å². The van der Waals surface area contributed by atoms with Crippen LogP contribution in [0.4, 0.5) is 5.69 Å². The van der Waals surface area contributed by atoms with Crippen molar-refractivity contribution in [2.75, 3.05) is 18.4 Å². The van der Waals surface area contributed by atoms with Gasteiger partial charge in [-0.15, -0.1) is 0 Å². The Labute approximate surface area is 160 Å². The predicted molar refractivity (Wildman–Crippen MR) is 109 cm³/mol. The van der Waals surface area contributed by atoms with Crippen LogP contribution in [0.3, 0.4) is 0 Å². The highest BCUT2D eigenvalue weighted by Gasteiger charge is 2.50. The van der Waals surface area contributed by atoms with Gasteiger partial charge in [-0.1, -0.05) is 11.6 Å². The van der Waals surface area contributed by atoms with Gasteiger partial charge in [0.2, 0.25) is 0 Å².